The second kappa shape index (κ2) is 7.35. The van der Waals surface area contributed by atoms with Crippen LogP contribution in [0.25, 0.3) is 0 Å². The number of nitrogen functional groups attached to an aromatic ring is 1. The van der Waals surface area contributed by atoms with Crippen LogP contribution in [0.3, 0.4) is 0 Å². The summed E-state index contributed by atoms with van der Waals surface area (Å²) in [6, 6.07) is 10.9. The average Bonchev–Trinajstić information content (AvgIpc) is 2.54. The number of anilines is 2. The quantitative estimate of drug-likeness (QED) is 0.619. The summed E-state index contributed by atoms with van der Waals surface area (Å²) in [4.78, 5) is 24.0. The van der Waals surface area contributed by atoms with Gasteiger partial charge in [-0.05, 0) is 30.7 Å². The van der Waals surface area contributed by atoms with Gasteiger partial charge in [-0.15, -0.1) is 0 Å². The first-order valence-corrected chi connectivity index (χ1v) is 9.20. The molecule has 0 aromatic heterocycles. The summed E-state index contributed by atoms with van der Waals surface area (Å²) in [5.74, 6) is -1.39. The van der Waals surface area contributed by atoms with Crippen molar-refractivity contribution in [1.29, 1.82) is 0 Å². The summed E-state index contributed by atoms with van der Waals surface area (Å²) in [7, 11) is -3.50. The van der Waals surface area contributed by atoms with E-state index in [0.717, 1.165) is 11.8 Å². The maximum absolute atomic E-state index is 12.0. The lowest BCUT2D eigenvalue weighted by atomic mass is 10.1. The molecule has 2 aromatic rings. The van der Waals surface area contributed by atoms with Crippen molar-refractivity contribution >= 4 is 33.1 Å². The van der Waals surface area contributed by atoms with Gasteiger partial charge in [-0.25, -0.2) is 13.2 Å². The molecule has 0 heterocycles. The van der Waals surface area contributed by atoms with Gasteiger partial charge in [0.05, 0.1) is 16.1 Å². The Hall–Kier alpha value is -2.87. The number of carbonyl (C=O) groups is 2. The third-order valence-electron chi connectivity index (χ3n) is 3.44. The predicted molar refractivity (Wildman–Crippen MR) is 94.1 cm³/mol. The highest BCUT2D eigenvalue weighted by atomic mass is 32.2. The highest BCUT2D eigenvalue weighted by Gasteiger charge is 2.17. The molecule has 0 unspecified atom stereocenters. The van der Waals surface area contributed by atoms with Crippen molar-refractivity contribution in [2.24, 2.45) is 0 Å². The number of para-hydroxylation sites is 2. The zero-order chi connectivity index (χ0) is 18.6. The number of amides is 1. The fourth-order valence-electron chi connectivity index (χ4n) is 2.15. The number of rotatable bonds is 5. The SMILES string of the molecule is Cc1cccc(C(=O)OCC(=O)Nc2ccccc2S(C)(=O)=O)c1N. The molecule has 7 nitrogen and oxygen atoms in total. The topological polar surface area (TPSA) is 116 Å². The summed E-state index contributed by atoms with van der Waals surface area (Å²) in [6.45, 7) is 1.19. The summed E-state index contributed by atoms with van der Waals surface area (Å²) < 4.78 is 28.4. The van der Waals surface area contributed by atoms with E-state index >= 15 is 0 Å². The van der Waals surface area contributed by atoms with E-state index in [1.54, 1.807) is 31.2 Å². The number of aryl methyl sites for hydroxylation is 1. The molecule has 132 valence electrons. The Balaban J connectivity index is 2.05. The van der Waals surface area contributed by atoms with E-state index in [-0.39, 0.29) is 21.8 Å². The Morgan fingerprint density at radius 2 is 1.80 bits per heavy atom. The van der Waals surface area contributed by atoms with Gasteiger partial charge >= 0.3 is 5.97 Å². The summed E-state index contributed by atoms with van der Waals surface area (Å²) in [6.07, 6.45) is 1.04. The summed E-state index contributed by atoms with van der Waals surface area (Å²) in [5.41, 5.74) is 7.12. The molecule has 0 atom stereocenters. The first-order chi connectivity index (χ1) is 11.7. The number of hydrogen-bond donors (Lipinski definition) is 2. The predicted octanol–water partition coefficient (Wildman–Crippen LogP) is 1.78. The Labute approximate surface area is 145 Å². The minimum atomic E-state index is -3.50. The third-order valence-corrected chi connectivity index (χ3v) is 4.59. The molecule has 3 N–H and O–H groups in total. The summed E-state index contributed by atoms with van der Waals surface area (Å²) in [5, 5.41) is 2.42. The van der Waals surface area contributed by atoms with Crippen LogP contribution in [0, 0.1) is 6.92 Å². The highest BCUT2D eigenvalue weighted by Crippen LogP contribution is 2.21. The molecule has 0 radical (unpaired) electrons. The maximum atomic E-state index is 12.0. The number of nitrogens with two attached hydrogens (primary N) is 1. The van der Waals surface area contributed by atoms with E-state index in [4.69, 9.17) is 10.5 Å². The number of nitrogens with one attached hydrogen (secondary N) is 1. The van der Waals surface area contributed by atoms with Gasteiger partial charge in [-0.3, -0.25) is 4.79 Å². The molecule has 2 aromatic carbocycles. The van der Waals surface area contributed by atoms with Crippen molar-refractivity contribution in [3.8, 4) is 0 Å². The van der Waals surface area contributed by atoms with E-state index in [2.05, 4.69) is 5.32 Å². The van der Waals surface area contributed by atoms with Crippen LogP contribution in [-0.4, -0.2) is 33.2 Å². The summed E-state index contributed by atoms with van der Waals surface area (Å²) >= 11 is 0. The molecule has 0 aliphatic heterocycles. The van der Waals surface area contributed by atoms with Gasteiger partial charge in [0.2, 0.25) is 0 Å². The average molecular weight is 362 g/mol. The lowest BCUT2D eigenvalue weighted by molar-refractivity contribution is -0.119. The Kier molecular flexibility index (Phi) is 5.43. The minimum absolute atomic E-state index is 0.0161. The Morgan fingerprint density at radius 1 is 1.12 bits per heavy atom. The second-order valence-electron chi connectivity index (χ2n) is 5.43. The van der Waals surface area contributed by atoms with Crippen LogP contribution in [0.5, 0.6) is 0 Å². The van der Waals surface area contributed by atoms with Crippen LogP contribution in [0.15, 0.2) is 47.4 Å². The Morgan fingerprint density at radius 3 is 2.48 bits per heavy atom. The molecule has 0 saturated carbocycles. The lowest BCUT2D eigenvalue weighted by Crippen LogP contribution is -2.22. The van der Waals surface area contributed by atoms with Gasteiger partial charge in [0.1, 0.15) is 0 Å². The van der Waals surface area contributed by atoms with Crippen molar-refractivity contribution < 1.29 is 22.7 Å². The van der Waals surface area contributed by atoms with Gasteiger partial charge in [0.25, 0.3) is 5.91 Å². The molecule has 25 heavy (non-hydrogen) atoms. The van der Waals surface area contributed by atoms with Gasteiger partial charge in [-0.1, -0.05) is 24.3 Å². The number of esters is 1. The fraction of sp³-hybridized carbons (Fsp3) is 0.176. The molecule has 0 bridgehead atoms. The molecule has 1 amide bonds. The molecule has 8 heteroatoms. The van der Waals surface area contributed by atoms with Crippen LogP contribution < -0.4 is 11.1 Å². The molecule has 0 saturated heterocycles. The van der Waals surface area contributed by atoms with Crippen molar-refractivity contribution in [2.75, 3.05) is 23.9 Å². The molecular formula is C17H18N2O5S. The smallest absolute Gasteiger partial charge is 0.340 e. The van der Waals surface area contributed by atoms with Crippen molar-refractivity contribution in [3.05, 3.63) is 53.6 Å². The molecule has 0 spiro atoms. The largest absolute Gasteiger partial charge is 0.452 e. The highest BCUT2D eigenvalue weighted by molar-refractivity contribution is 7.90. The van der Waals surface area contributed by atoms with Crippen molar-refractivity contribution in [3.63, 3.8) is 0 Å². The monoisotopic (exact) mass is 362 g/mol. The lowest BCUT2D eigenvalue weighted by Gasteiger charge is -2.11. The molecule has 0 aliphatic carbocycles. The van der Waals surface area contributed by atoms with Crippen LogP contribution in [0.4, 0.5) is 11.4 Å². The van der Waals surface area contributed by atoms with Crippen LogP contribution in [0.1, 0.15) is 15.9 Å². The van der Waals surface area contributed by atoms with E-state index in [0.29, 0.717) is 0 Å². The number of hydrogen-bond acceptors (Lipinski definition) is 6. The number of carbonyl (C=O) groups excluding carboxylic acids is 2. The number of benzene rings is 2. The molecule has 0 aliphatic rings. The fourth-order valence-corrected chi connectivity index (χ4v) is 2.99. The first-order valence-electron chi connectivity index (χ1n) is 7.31. The van der Waals surface area contributed by atoms with Crippen molar-refractivity contribution in [2.45, 2.75) is 11.8 Å². The van der Waals surface area contributed by atoms with E-state index < -0.39 is 28.3 Å². The third kappa shape index (κ3) is 4.57. The van der Waals surface area contributed by atoms with E-state index in [1.807, 2.05) is 0 Å². The standard InChI is InChI=1S/C17H18N2O5S/c1-11-6-5-7-12(16(11)18)17(21)24-10-15(20)19-13-8-3-4-9-14(13)25(2,22)23/h3-9H,10,18H2,1-2H3,(H,19,20). The number of ether oxygens (including phenoxy) is 1. The van der Waals surface area contributed by atoms with Gasteiger partial charge in [0, 0.05) is 11.9 Å². The van der Waals surface area contributed by atoms with Crippen LogP contribution >= 0.6 is 0 Å². The molecular weight excluding hydrogens is 344 g/mol. The Bertz CT molecular complexity index is 922. The van der Waals surface area contributed by atoms with Gasteiger partial charge in [-0.2, -0.15) is 0 Å². The van der Waals surface area contributed by atoms with Crippen molar-refractivity contribution in [1.82, 2.24) is 0 Å². The molecule has 2 rings (SSSR count). The number of sulfone groups is 1. The van der Waals surface area contributed by atoms with E-state index in [1.165, 1.54) is 18.2 Å². The zero-order valence-corrected chi connectivity index (χ0v) is 14.6. The zero-order valence-electron chi connectivity index (χ0n) is 13.8. The second-order valence-corrected chi connectivity index (χ2v) is 7.41. The van der Waals surface area contributed by atoms with Gasteiger partial charge < -0.3 is 15.8 Å². The molecule has 0 fully saturated rings. The van der Waals surface area contributed by atoms with Gasteiger partial charge in [0.15, 0.2) is 16.4 Å². The minimum Gasteiger partial charge on any atom is -0.452 e. The van der Waals surface area contributed by atoms with Crippen LogP contribution in [0.2, 0.25) is 0 Å². The van der Waals surface area contributed by atoms with Crippen LogP contribution in [-0.2, 0) is 19.4 Å². The van der Waals surface area contributed by atoms with E-state index in [9.17, 15) is 18.0 Å². The maximum Gasteiger partial charge on any atom is 0.340 e. The normalized spacial score (nSPS) is 11.0. The first kappa shape index (κ1) is 18.5.